The van der Waals surface area contributed by atoms with Gasteiger partial charge in [-0.1, -0.05) is 123 Å². The monoisotopic (exact) mass is 1910 g/mol. The summed E-state index contributed by atoms with van der Waals surface area (Å²) in [6.45, 7) is 45.8. The molecule has 139 heavy (non-hydrogen) atoms. The molecule has 8 amide bonds. The minimum atomic E-state index is -1.01. The number of carbonyl (C=O) groups excluding carboxylic acids is 8. The second kappa shape index (κ2) is 37.8. The Morgan fingerprint density at radius 1 is 0.468 bits per heavy atom. The zero-order valence-electron chi connectivity index (χ0n) is 82.8. The number of nitrogens with one attached hydrogen (secondary N) is 2. The molecular formula is C105H118ClF3N22O8. The maximum atomic E-state index is 13.8. The van der Waals surface area contributed by atoms with Crippen molar-refractivity contribution in [2.45, 2.75) is 204 Å². The average Bonchev–Trinajstić information content (AvgIpc) is 1.62. The number of amides is 8. The molecule has 0 aliphatic carbocycles. The number of hydrogen-bond donors (Lipinski definition) is 2. The van der Waals surface area contributed by atoms with Crippen molar-refractivity contribution in [1.82, 2.24) is 108 Å². The summed E-state index contributed by atoms with van der Waals surface area (Å²) in [4.78, 5) is 143. The van der Waals surface area contributed by atoms with E-state index in [1.807, 2.05) is 120 Å². The number of nitrogens with zero attached hydrogens (tertiary/aromatic N) is 20. The second-order valence-corrected chi connectivity index (χ2v) is 41.4. The second-order valence-electron chi connectivity index (χ2n) is 41.0. The molecular weight excluding hydrogens is 1790 g/mol. The zero-order valence-corrected chi connectivity index (χ0v) is 83.6. The molecule has 4 saturated heterocycles. The van der Waals surface area contributed by atoms with Gasteiger partial charge >= 0.3 is 0 Å². The summed E-state index contributed by atoms with van der Waals surface area (Å²) >= 11 is 6.09. The molecule has 0 bridgehead atoms. The van der Waals surface area contributed by atoms with Gasteiger partial charge in [0.2, 0.25) is 17.7 Å². The molecule has 0 saturated carbocycles. The third-order valence-corrected chi connectivity index (χ3v) is 26.4. The van der Waals surface area contributed by atoms with E-state index in [9.17, 15) is 51.5 Å². The number of aryl methyl sites for hydroxylation is 4. The SMILES string of the molecule is Cc1cc(-c2cc(C(C)C)c3nc(C(=O)N4CCN(C)C(=O)C4(C)C)cn3n2)ccc1F.Cc1cc(-c2cc(C(C)C)c3nc(C(=O)N4CN(Cc5ccccc5)C(=O)C4(C)C)cn3n2)ccc1F.Cc1cc(F)ccc1-c1cc(C(C)(C)C)c2nc(C(=O)N3CCNC(=O)C3(C)C)cn2n1.Cc1ncc(C(=O)N2CCN(C(=O)c3cn4nc(-c5ccc(Cl)cc5)cc(C(C)(C)C)c4n3)C(C)(C)C2)[nH]1. The van der Waals surface area contributed by atoms with Gasteiger partial charge in [0.05, 0.1) is 66.0 Å². The number of likely N-dealkylation sites (N-methyl/N-ethyl adjacent to an activating group) is 1. The van der Waals surface area contributed by atoms with Crippen LogP contribution in [0.2, 0.25) is 5.02 Å². The molecule has 30 nitrogen and oxygen atoms in total. The van der Waals surface area contributed by atoms with Crippen LogP contribution in [0.25, 0.3) is 67.6 Å². The fourth-order valence-corrected chi connectivity index (χ4v) is 18.1. The minimum Gasteiger partial charge on any atom is -0.352 e. The Morgan fingerprint density at radius 2 is 0.914 bits per heavy atom. The van der Waals surface area contributed by atoms with E-state index in [-0.39, 0.29) is 111 Å². The van der Waals surface area contributed by atoms with Crippen LogP contribution in [0.1, 0.15) is 239 Å². The van der Waals surface area contributed by atoms with Crippen molar-refractivity contribution < 1.29 is 51.5 Å². The predicted octanol–water partition coefficient (Wildman–Crippen LogP) is 17.1. The van der Waals surface area contributed by atoms with Crippen LogP contribution >= 0.6 is 11.6 Å². The van der Waals surface area contributed by atoms with Gasteiger partial charge in [-0.2, -0.15) is 20.4 Å². The van der Waals surface area contributed by atoms with Gasteiger partial charge in [-0.05, 0) is 219 Å². The number of carbonyl (C=O) groups is 8. The third kappa shape index (κ3) is 20.0. The summed E-state index contributed by atoms with van der Waals surface area (Å²) in [6, 6.07) is 39.5. The van der Waals surface area contributed by atoms with E-state index >= 15 is 0 Å². The first-order chi connectivity index (χ1) is 65.3. The molecule has 0 spiro atoms. The van der Waals surface area contributed by atoms with Gasteiger partial charge in [-0.25, -0.2) is 56.2 Å². The van der Waals surface area contributed by atoms with E-state index < -0.39 is 22.2 Å². The number of halogens is 4. The van der Waals surface area contributed by atoms with Crippen LogP contribution in [0, 0.1) is 45.1 Å². The van der Waals surface area contributed by atoms with Crippen molar-refractivity contribution in [3.05, 3.63) is 266 Å². The summed E-state index contributed by atoms with van der Waals surface area (Å²) in [6.07, 6.45) is 8.09. The van der Waals surface area contributed by atoms with E-state index in [4.69, 9.17) is 31.9 Å². The lowest BCUT2D eigenvalue weighted by Crippen LogP contribution is -2.63. The maximum Gasteiger partial charge on any atom is 0.276 e. The molecule has 34 heteroatoms. The van der Waals surface area contributed by atoms with Crippen molar-refractivity contribution in [3.63, 3.8) is 0 Å². The number of imidazole rings is 5. The molecule has 0 unspecified atom stereocenters. The number of aromatic nitrogens is 14. The number of piperazine rings is 3. The van der Waals surface area contributed by atoms with Crippen LogP contribution in [-0.2, 0) is 31.8 Å². The first kappa shape index (κ1) is 99.1. The van der Waals surface area contributed by atoms with Gasteiger partial charge in [0, 0.05) is 109 Å². The highest BCUT2D eigenvalue weighted by molar-refractivity contribution is 6.30. The standard InChI is InChI=1S/C29H30FN5O2.C28H32ClN7O2.2C24H28FN5O2/c1-18(2)22-14-24(21-11-12-23(30)19(3)13-21)32-35-16-25(31-26(22)35)27(36)34-17-33(28(37)29(34,4)5)15-20-9-7-6-8-10-20;1-17-30-14-22(31-17)25(37)34-11-12-35(28(5,6)16-34)26(38)23-15-36-24(32-23)20(27(2,3)4)13-21(33-36)18-7-9-19(29)10-8-18;1-14-11-15(25)7-8-16(14)18-12-17(23(2,3)4)20-27-19(13-30(20)28-18)21(31)29-10-9-26-22(32)24(29,5)6;1-14(2)17-12-19(16-7-8-18(25)15(3)11-16)27-30-13-20(26-21(17)30)22(31)29-10-9-28(6)23(32)24(29,4)5/h6-14,16,18H,15,17H2,1-5H3;7-10,13-15H,11-12,16H2,1-6H3,(H,30,31);7-8,11-13H,9-10H2,1-6H3,(H,26,32);7-8,11-14H,9-10H2,1-6H3. The average molecular weight is 1910 g/mol. The van der Waals surface area contributed by atoms with Gasteiger partial charge in [-0.3, -0.25) is 38.4 Å². The molecule has 2 N–H and O–H groups in total. The van der Waals surface area contributed by atoms with Gasteiger partial charge in [0.25, 0.3) is 29.5 Å². The summed E-state index contributed by atoms with van der Waals surface area (Å²) < 4.78 is 47.8. The summed E-state index contributed by atoms with van der Waals surface area (Å²) in [5.41, 5.74) is 12.6. The Hall–Kier alpha value is -14.4. The van der Waals surface area contributed by atoms with Gasteiger partial charge in [-0.15, -0.1) is 0 Å². The van der Waals surface area contributed by atoms with Gasteiger partial charge in [0.15, 0.2) is 22.6 Å². The van der Waals surface area contributed by atoms with Gasteiger partial charge < -0.3 is 44.6 Å². The first-order valence-electron chi connectivity index (χ1n) is 46.4. The van der Waals surface area contributed by atoms with Crippen molar-refractivity contribution >= 4 is 81.4 Å². The Labute approximate surface area is 810 Å². The Balaban J connectivity index is 0.000000141. The fourth-order valence-electron chi connectivity index (χ4n) is 18.0. The van der Waals surface area contributed by atoms with E-state index in [2.05, 4.69) is 90.7 Å². The lowest BCUT2D eigenvalue weighted by atomic mass is 9.87. The van der Waals surface area contributed by atoms with Crippen LogP contribution in [0.15, 0.2) is 164 Å². The fraction of sp³-hybridized carbons (Fsp3) is 0.381. The smallest absolute Gasteiger partial charge is 0.276 e. The molecule has 13 heterocycles. The number of hydrogen-bond acceptors (Lipinski definition) is 17. The van der Waals surface area contributed by atoms with E-state index in [0.29, 0.717) is 125 Å². The molecule has 724 valence electrons. The number of fused-ring (bicyclic) bond motifs is 4. The molecule has 0 atom stereocenters. The third-order valence-electron chi connectivity index (χ3n) is 26.2. The molecule has 9 aromatic heterocycles. The highest BCUT2D eigenvalue weighted by Crippen LogP contribution is 2.39. The molecule has 4 fully saturated rings. The van der Waals surface area contributed by atoms with Crippen molar-refractivity contribution in [1.29, 1.82) is 0 Å². The largest absolute Gasteiger partial charge is 0.352 e. The van der Waals surface area contributed by atoms with Crippen LogP contribution < -0.4 is 5.32 Å². The zero-order chi connectivity index (χ0) is 101. The molecule has 5 aromatic carbocycles. The Kier molecular flexibility index (Phi) is 27.0. The number of rotatable bonds is 13. The van der Waals surface area contributed by atoms with Crippen LogP contribution in [0.4, 0.5) is 13.2 Å². The molecule has 4 aliphatic rings. The van der Waals surface area contributed by atoms with Crippen molar-refractivity contribution in [2.24, 2.45) is 0 Å². The maximum absolute atomic E-state index is 13.8. The molecule has 0 radical (unpaired) electrons. The topological polar surface area (TPSA) is 321 Å². The summed E-state index contributed by atoms with van der Waals surface area (Å²) in [5.74, 6) is -1.53. The van der Waals surface area contributed by atoms with E-state index in [1.54, 1.807) is 176 Å². The van der Waals surface area contributed by atoms with Gasteiger partial charge in [0.1, 0.15) is 68.4 Å². The highest BCUT2D eigenvalue weighted by Gasteiger charge is 2.50. The van der Waals surface area contributed by atoms with Crippen LogP contribution in [-0.4, -0.2) is 232 Å². The quantitative estimate of drug-likeness (QED) is 0.108. The van der Waals surface area contributed by atoms with Crippen LogP contribution in [0.3, 0.4) is 0 Å². The number of aromatic amines is 1. The molecule has 14 aromatic rings. The Morgan fingerprint density at radius 3 is 1.39 bits per heavy atom. The predicted molar refractivity (Wildman–Crippen MR) is 526 cm³/mol. The van der Waals surface area contributed by atoms with Crippen LogP contribution in [0.5, 0.6) is 0 Å². The summed E-state index contributed by atoms with van der Waals surface area (Å²) in [7, 11) is 1.74. The molecule has 4 aliphatic heterocycles. The minimum absolute atomic E-state index is 0.101. The first-order valence-corrected chi connectivity index (χ1v) is 46.8. The van der Waals surface area contributed by atoms with E-state index in [0.717, 1.165) is 61.3 Å². The summed E-state index contributed by atoms with van der Waals surface area (Å²) in [5, 5.41) is 22.3. The number of H-pyrrole nitrogens is 1. The lowest BCUT2D eigenvalue weighted by Gasteiger charge is -2.46. The van der Waals surface area contributed by atoms with Crippen molar-refractivity contribution in [2.75, 3.05) is 59.5 Å². The Bertz CT molecular complexity index is 7200. The lowest BCUT2D eigenvalue weighted by molar-refractivity contribution is -0.144. The molecule has 18 rings (SSSR count). The van der Waals surface area contributed by atoms with E-state index in [1.165, 1.54) is 24.3 Å². The number of benzene rings is 5. The normalized spacial score (nSPS) is 15.9. The van der Waals surface area contributed by atoms with Crippen molar-refractivity contribution in [3.8, 4) is 45.0 Å². The highest BCUT2D eigenvalue weighted by atomic mass is 35.5.